The van der Waals surface area contributed by atoms with Gasteiger partial charge in [0.15, 0.2) is 0 Å². The van der Waals surface area contributed by atoms with Gasteiger partial charge in [0, 0.05) is 63.3 Å². The van der Waals surface area contributed by atoms with Crippen molar-refractivity contribution < 1.29 is 13.2 Å². The molecule has 2 saturated heterocycles. The SMILES string of the molecule is Cc1ccc(C)c(N2CCN(C(=O)[C@H]3CN(S(=O)(=O)c4cccnc4)C[C@H]3c3ccccc3)CC2)c1. The van der Waals surface area contributed by atoms with E-state index >= 15 is 0 Å². The molecule has 1 amide bonds. The van der Waals surface area contributed by atoms with E-state index in [0.29, 0.717) is 13.1 Å². The number of hydrogen-bond donors (Lipinski definition) is 0. The van der Waals surface area contributed by atoms with Crippen LogP contribution in [0.25, 0.3) is 0 Å². The summed E-state index contributed by atoms with van der Waals surface area (Å²) in [5, 5.41) is 0. The first-order valence-electron chi connectivity index (χ1n) is 12.4. The largest absolute Gasteiger partial charge is 0.368 e. The van der Waals surface area contributed by atoms with Crippen molar-refractivity contribution in [2.75, 3.05) is 44.2 Å². The minimum Gasteiger partial charge on any atom is -0.368 e. The lowest BCUT2D eigenvalue weighted by molar-refractivity contribution is -0.135. The number of pyridine rings is 1. The molecular weight excluding hydrogens is 472 g/mol. The van der Waals surface area contributed by atoms with Gasteiger partial charge in [0.25, 0.3) is 0 Å². The number of aromatic nitrogens is 1. The average molecular weight is 505 g/mol. The Morgan fingerprint density at radius 3 is 2.36 bits per heavy atom. The zero-order valence-electron chi connectivity index (χ0n) is 20.7. The first kappa shape index (κ1) is 24.5. The number of piperazine rings is 1. The van der Waals surface area contributed by atoms with Crippen LogP contribution < -0.4 is 4.90 Å². The molecule has 0 spiro atoms. The highest BCUT2D eigenvalue weighted by molar-refractivity contribution is 7.89. The van der Waals surface area contributed by atoms with Gasteiger partial charge in [-0.25, -0.2) is 8.42 Å². The summed E-state index contributed by atoms with van der Waals surface area (Å²) in [6, 6.07) is 19.4. The van der Waals surface area contributed by atoms with E-state index < -0.39 is 15.9 Å². The molecule has 2 aromatic carbocycles. The molecule has 0 radical (unpaired) electrons. The molecular formula is C28H32N4O3S. The predicted molar refractivity (Wildman–Crippen MR) is 140 cm³/mol. The van der Waals surface area contributed by atoms with Crippen molar-refractivity contribution in [1.82, 2.24) is 14.2 Å². The van der Waals surface area contributed by atoms with E-state index in [1.165, 1.54) is 27.3 Å². The number of sulfonamides is 1. The van der Waals surface area contributed by atoms with Gasteiger partial charge in [-0.15, -0.1) is 0 Å². The summed E-state index contributed by atoms with van der Waals surface area (Å²) in [6.07, 6.45) is 2.93. The number of anilines is 1. The fourth-order valence-corrected chi connectivity index (χ4v) is 6.82. The summed E-state index contributed by atoms with van der Waals surface area (Å²) >= 11 is 0. The van der Waals surface area contributed by atoms with Crippen LogP contribution in [0.15, 0.2) is 78.0 Å². The number of benzene rings is 2. The van der Waals surface area contributed by atoms with E-state index in [1.807, 2.05) is 35.2 Å². The Morgan fingerprint density at radius 1 is 0.917 bits per heavy atom. The van der Waals surface area contributed by atoms with E-state index in [-0.39, 0.29) is 29.8 Å². The highest BCUT2D eigenvalue weighted by Gasteiger charge is 2.45. The molecule has 0 saturated carbocycles. The molecule has 1 aromatic heterocycles. The molecule has 2 atom stereocenters. The van der Waals surface area contributed by atoms with Gasteiger partial charge in [-0.05, 0) is 48.7 Å². The van der Waals surface area contributed by atoms with E-state index in [2.05, 4.69) is 41.9 Å². The fourth-order valence-electron chi connectivity index (χ4n) is 5.36. The Bertz CT molecular complexity index is 1320. The van der Waals surface area contributed by atoms with Crippen molar-refractivity contribution >= 4 is 21.6 Å². The summed E-state index contributed by atoms with van der Waals surface area (Å²) in [7, 11) is -3.74. The Kier molecular flexibility index (Phi) is 6.81. The number of nitrogens with zero attached hydrogens (tertiary/aromatic N) is 4. The van der Waals surface area contributed by atoms with Gasteiger partial charge < -0.3 is 9.80 Å². The first-order valence-corrected chi connectivity index (χ1v) is 13.8. The summed E-state index contributed by atoms with van der Waals surface area (Å²) in [5.74, 6) is -0.582. The van der Waals surface area contributed by atoms with E-state index in [0.717, 1.165) is 18.7 Å². The number of hydrogen-bond acceptors (Lipinski definition) is 5. The van der Waals surface area contributed by atoms with Gasteiger partial charge in [0.2, 0.25) is 15.9 Å². The molecule has 0 unspecified atom stereocenters. The van der Waals surface area contributed by atoms with Crippen LogP contribution in [0, 0.1) is 19.8 Å². The van der Waals surface area contributed by atoms with Crippen molar-refractivity contribution in [3.63, 3.8) is 0 Å². The second kappa shape index (κ2) is 10.0. The van der Waals surface area contributed by atoms with Gasteiger partial charge in [-0.2, -0.15) is 4.31 Å². The summed E-state index contributed by atoms with van der Waals surface area (Å²) in [6.45, 7) is 7.43. The van der Waals surface area contributed by atoms with E-state index in [1.54, 1.807) is 18.3 Å². The molecule has 0 bridgehead atoms. The minimum atomic E-state index is -3.74. The van der Waals surface area contributed by atoms with Crippen LogP contribution in [0.2, 0.25) is 0 Å². The quantitative estimate of drug-likeness (QED) is 0.532. The van der Waals surface area contributed by atoms with Crippen molar-refractivity contribution in [3.05, 3.63) is 89.7 Å². The monoisotopic (exact) mass is 504 g/mol. The van der Waals surface area contributed by atoms with E-state index in [4.69, 9.17) is 0 Å². The van der Waals surface area contributed by atoms with Crippen molar-refractivity contribution in [2.45, 2.75) is 24.7 Å². The molecule has 3 aromatic rings. The van der Waals surface area contributed by atoms with Crippen LogP contribution in [-0.2, 0) is 14.8 Å². The molecule has 5 rings (SSSR count). The van der Waals surface area contributed by atoms with Crippen molar-refractivity contribution in [1.29, 1.82) is 0 Å². The van der Waals surface area contributed by atoms with Crippen molar-refractivity contribution in [2.24, 2.45) is 5.92 Å². The lowest BCUT2D eigenvalue weighted by Crippen LogP contribution is -2.51. The zero-order valence-corrected chi connectivity index (χ0v) is 21.6. The second-order valence-electron chi connectivity index (χ2n) is 9.74. The summed E-state index contributed by atoms with van der Waals surface area (Å²) in [4.78, 5) is 22.2. The molecule has 188 valence electrons. The number of aryl methyl sites for hydroxylation is 2. The van der Waals surface area contributed by atoms with Crippen LogP contribution >= 0.6 is 0 Å². The third-order valence-electron chi connectivity index (χ3n) is 7.40. The number of carbonyl (C=O) groups excluding carboxylic acids is 1. The standard InChI is InChI=1S/C28H32N4O3S/c1-21-10-11-22(2)27(17-21)30-13-15-31(16-14-30)28(33)26-20-32(19-25(26)23-7-4-3-5-8-23)36(34,35)24-9-6-12-29-18-24/h3-12,17-18,25-26H,13-16,19-20H2,1-2H3/t25-,26-/m0/s1. The number of amides is 1. The molecule has 3 heterocycles. The first-order chi connectivity index (χ1) is 17.3. The lowest BCUT2D eigenvalue weighted by atomic mass is 9.88. The third kappa shape index (κ3) is 4.75. The Balaban J connectivity index is 1.35. The Hall–Kier alpha value is -3.23. The summed E-state index contributed by atoms with van der Waals surface area (Å²) in [5.41, 5.74) is 4.67. The van der Waals surface area contributed by atoms with Gasteiger partial charge in [-0.3, -0.25) is 9.78 Å². The normalized spacial score (nSPS) is 21.1. The zero-order chi connectivity index (χ0) is 25.3. The molecule has 0 aliphatic carbocycles. The third-order valence-corrected chi connectivity index (χ3v) is 9.22. The second-order valence-corrected chi connectivity index (χ2v) is 11.7. The predicted octanol–water partition coefficient (Wildman–Crippen LogP) is 3.45. The van der Waals surface area contributed by atoms with Gasteiger partial charge in [-0.1, -0.05) is 42.5 Å². The van der Waals surface area contributed by atoms with Crippen molar-refractivity contribution in [3.8, 4) is 0 Å². The highest BCUT2D eigenvalue weighted by Crippen LogP contribution is 2.37. The van der Waals surface area contributed by atoms with Gasteiger partial charge in [0.1, 0.15) is 4.90 Å². The average Bonchev–Trinajstić information content (AvgIpc) is 3.37. The minimum absolute atomic E-state index is 0.0355. The van der Waals surface area contributed by atoms with Gasteiger partial charge in [0.05, 0.1) is 5.92 Å². The number of rotatable bonds is 5. The molecule has 7 nitrogen and oxygen atoms in total. The molecule has 0 N–H and O–H groups in total. The van der Waals surface area contributed by atoms with Crippen LogP contribution in [-0.4, -0.2) is 67.8 Å². The van der Waals surface area contributed by atoms with Crippen LogP contribution in [0.5, 0.6) is 0 Å². The summed E-state index contributed by atoms with van der Waals surface area (Å²) < 4.78 is 28.2. The number of carbonyl (C=O) groups is 1. The topological polar surface area (TPSA) is 73.8 Å². The maximum atomic E-state index is 13.8. The maximum Gasteiger partial charge on any atom is 0.244 e. The highest BCUT2D eigenvalue weighted by atomic mass is 32.2. The smallest absolute Gasteiger partial charge is 0.244 e. The van der Waals surface area contributed by atoms with E-state index in [9.17, 15) is 13.2 Å². The Morgan fingerprint density at radius 2 is 1.67 bits per heavy atom. The lowest BCUT2D eigenvalue weighted by Gasteiger charge is -2.38. The van der Waals surface area contributed by atoms with Crippen LogP contribution in [0.3, 0.4) is 0 Å². The molecule has 2 aliphatic heterocycles. The molecule has 2 fully saturated rings. The molecule has 8 heteroatoms. The Labute approximate surface area is 213 Å². The van der Waals surface area contributed by atoms with Crippen LogP contribution in [0.1, 0.15) is 22.6 Å². The van der Waals surface area contributed by atoms with Gasteiger partial charge >= 0.3 is 0 Å². The molecule has 2 aliphatic rings. The molecule has 36 heavy (non-hydrogen) atoms. The van der Waals surface area contributed by atoms with Crippen LogP contribution in [0.4, 0.5) is 5.69 Å². The fraction of sp³-hybridized carbons (Fsp3) is 0.357. The maximum absolute atomic E-state index is 13.8.